The van der Waals surface area contributed by atoms with Crippen LogP contribution < -0.4 is 22.1 Å². The van der Waals surface area contributed by atoms with Crippen LogP contribution in [0.25, 0.3) is 16.6 Å². The fourth-order valence-corrected chi connectivity index (χ4v) is 3.11. The number of nitrogens with zero attached hydrogens (tertiary/aromatic N) is 3. The van der Waals surface area contributed by atoms with Crippen molar-refractivity contribution in [3.63, 3.8) is 0 Å². The number of hydrogen-bond donors (Lipinski definition) is 4. The molecule has 2 heterocycles. The summed E-state index contributed by atoms with van der Waals surface area (Å²) in [5, 5.41) is 7.49. The summed E-state index contributed by atoms with van der Waals surface area (Å²) >= 11 is 0. The van der Waals surface area contributed by atoms with Crippen molar-refractivity contribution in [2.24, 2.45) is 0 Å². The van der Waals surface area contributed by atoms with Crippen molar-refractivity contribution >= 4 is 34.1 Å². The topological polar surface area (TPSA) is 115 Å². The maximum atomic E-state index is 5.96. The summed E-state index contributed by atoms with van der Waals surface area (Å²) in [6, 6.07) is 19.9. The first-order valence-electron chi connectivity index (χ1n) is 9.57. The molecule has 4 rings (SSSR count). The molecule has 7 nitrogen and oxygen atoms in total. The van der Waals surface area contributed by atoms with Gasteiger partial charge in [0.25, 0.3) is 0 Å². The maximum absolute atomic E-state index is 5.96. The molecule has 0 fully saturated rings. The van der Waals surface area contributed by atoms with Crippen LogP contribution in [0.15, 0.2) is 73.4 Å². The minimum Gasteiger partial charge on any atom is -0.383 e. The second kappa shape index (κ2) is 8.48. The molecule has 0 aliphatic rings. The number of benzene rings is 2. The van der Waals surface area contributed by atoms with Gasteiger partial charge in [-0.3, -0.25) is 4.98 Å². The quantitative estimate of drug-likeness (QED) is 0.377. The zero-order valence-corrected chi connectivity index (χ0v) is 16.5. The molecule has 0 spiro atoms. The lowest BCUT2D eigenvalue weighted by molar-refractivity contribution is 0.854. The van der Waals surface area contributed by atoms with Gasteiger partial charge in [-0.2, -0.15) is 4.98 Å². The first-order chi connectivity index (χ1) is 14.6. The smallest absolute Gasteiger partial charge is 0.222 e. The van der Waals surface area contributed by atoms with Gasteiger partial charge < -0.3 is 22.1 Å². The molecule has 0 radical (unpaired) electrons. The Hall–Kier alpha value is -4.13. The number of rotatable bonds is 7. The van der Waals surface area contributed by atoms with Crippen molar-refractivity contribution in [1.29, 1.82) is 0 Å². The minimum absolute atomic E-state index is 0.178. The van der Waals surface area contributed by atoms with E-state index in [4.69, 9.17) is 11.5 Å². The summed E-state index contributed by atoms with van der Waals surface area (Å²) in [6.07, 6.45) is 1.79. The predicted molar refractivity (Wildman–Crippen MR) is 122 cm³/mol. The molecule has 0 aliphatic carbocycles. The molecule has 0 atom stereocenters. The Bertz CT molecular complexity index is 1170. The third-order valence-corrected chi connectivity index (χ3v) is 4.75. The summed E-state index contributed by atoms with van der Waals surface area (Å²) in [5.74, 6) is 0.555. The number of pyridine rings is 1. The van der Waals surface area contributed by atoms with Crippen molar-refractivity contribution in [3.05, 3.63) is 90.3 Å². The minimum atomic E-state index is 0.178. The fraction of sp³-hybridized carbons (Fsp3) is 0.0870. The van der Waals surface area contributed by atoms with E-state index in [0.29, 0.717) is 18.9 Å². The second-order valence-electron chi connectivity index (χ2n) is 6.90. The van der Waals surface area contributed by atoms with E-state index in [1.54, 1.807) is 6.20 Å². The molecule has 0 amide bonds. The van der Waals surface area contributed by atoms with Crippen molar-refractivity contribution in [3.8, 4) is 0 Å². The summed E-state index contributed by atoms with van der Waals surface area (Å²) in [7, 11) is 0. The zero-order valence-electron chi connectivity index (χ0n) is 16.5. The van der Waals surface area contributed by atoms with Gasteiger partial charge in [0.2, 0.25) is 5.95 Å². The number of nitrogens with two attached hydrogens (primary N) is 2. The van der Waals surface area contributed by atoms with E-state index in [9.17, 15) is 0 Å². The van der Waals surface area contributed by atoms with E-state index in [2.05, 4.69) is 56.4 Å². The Morgan fingerprint density at radius 1 is 0.933 bits per heavy atom. The van der Waals surface area contributed by atoms with Crippen molar-refractivity contribution in [1.82, 2.24) is 20.3 Å². The Kier molecular flexibility index (Phi) is 5.43. The molecule has 30 heavy (non-hydrogen) atoms. The number of anilines is 3. The average Bonchev–Trinajstić information content (AvgIpc) is 2.77. The SMILES string of the molecule is C=C(NCc1ccccn1)c1ccc(CNc2ccc3nc(N)nc(N)c3c2)cc1. The zero-order chi connectivity index (χ0) is 20.9. The summed E-state index contributed by atoms with van der Waals surface area (Å²) in [5.41, 5.74) is 17.3. The van der Waals surface area contributed by atoms with Gasteiger partial charge in [0.15, 0.2) is 0 Å². The van der Waals surface area contributed by atoms with E-state index in [1.807, 2.05) is 36.4 Å². The third kappa shape index (κ3) is 4.47. The first kappa shape index (κ1) is 19.2. The Morgan fingerprint density at radius 2 is 1.77 bits per heavy atom. The largest absolute Gasteiger partial charge is 0.383 e. The molecule has 0 saturated carbocycles. The van der Waals surface area contributed by atoms with Crippen molar-refractivity contribution < 1.29 is 0 Å². The number of nitrogens with one attached hydrogen (secondary N) is 2. The second-order valence-corrected chi connectivity index (χ2v) is 6.90. The molecular formula is C23H23N7. The molecular weight excluding hydrogens is 374 g/mol. The fourth-order valence-electron chi connectivity index (χ4n) is 3.11. The van der Waals surface area contributed by atoms with Crippen LogP contribution in [-0.2, 0) is 13.1 Å². The predicted octanol–water partition coefficient (Wildman–Crippen LogP) is 3.56. The Labute approximate surface area is 174 Å². The lowest BCUT2D eigenvalue weighted by Gasteiger charge is -2.11. The van der Waals surface area contributed by atoms with Gasteiger partial charge in [-0.25, -0.2) is 4.98 Å². The molecule has 4 aromatic rings. The molecule has 7 heteroatoms. The van der Waals surface area contributed by atoms with Crippen molar-refractivity contribution in [2.75, 3.05) is 16.8 Å². The third-order valence-electron chi connectivity index (χ3n) is 4.75. The standard InChI is InChI=1S/C23H23N7/c1-15(27-14-19-4-2-3-11-26-19)17-7-5-16(6-8-17)13-28-18-9-10-21-20(12-18)22(24)30-23(25)29-21/h2-12,27-28H,1,13-14H2,(H4,24,25,29,30). The first-order valence-corrected chi connectivity index (χ1v) is 9.57. The van der Waals surface area contributed by atoms with Crippen LogP contribution in [0.4, 0.5) is 17.5 Å². The molecule has 2 aromatic carbocycles. The van der Waals surface area contributed by atoms with Crippen LogP contribution in [-0.4, -0.2) is 15.0 Å². The van der Waals surface area contributed by atoms with Gasteiger partial charge in [0.05, 0.1) is 17.8 Å². The van der Waals surface area contributed by atoms with Crippen LogP contribution in [0, 0.1) is 0 Å². The van der Waals surface area contributed by atoms with Gasteiger partial charge in [0.1, 0.15) is 5.82 Å². The average molecular weight is 397 g/mol. The molecule has 150 valence electrons. The lowest BCUT2D eigenvalue weighted by atomic mass is 10.1. The van der Waals surface area contributed by atoms with E-state index in [1.165, 1.54) is 0 Å². The summed E-state index contributed by atoms with van der Waals surface area (Å²) < 4.78 is 0. The van der Waals surface area contributed by atoms with Gasteiger partial charge >= 0.3 is 0 Å². The van der Waals surface area contributed by atoms with Gasteiger partial charge in [-0.15, -0.1) is 0 Å². The van der Waals surface area contributed by atoms with Crippen LogP contribution in [0.3, 0.4) is 0 Å². The monoisotopic (exact) mass is 397 g/mol. The van der Waals surface area contributed by atoms with Crippen LogP contribution in [0.5, 0.6) is 0 Å². The molecule has 6 N–H and O–H groups in total. The Balaban J connectivity index is 1.36. The summed E-state index contributed by atoms with van der Waals surface area (Å²) in [4.78, 5) is 12.5. The van der Waals surface area contributed by atoms with E-state index >= 15 is 0 Å². The highest BCUT2D eigenvalue weighted by Crippen LogP contribution is 2.23. The number of nitrogen functional groups attached to an aromatic ring is 2. The molecule has 2 aromatic heterocycles. The van der Waals surface area contributed by atoms with E-state index < -0.39 is 0 Å². The maximum Gasteiger partial charge on any atom is 0.222 e. The van der Waals surface area contributed by atoms with Crippen LogP contribution in [0.1, 0.15) is 16.8 Å². The van der Waals surface area contributed by atoms with Gasteiger partial charge in [-0.1, -0.05) is 36.9 Å². The van der Waals surface area contributed by atoms with Crippen LogP contribution in [0.2, 0.25) is 0 Å². The summed E-state index contributed by atoms with van der Waals surface area (Å²) in [6.45, 7) is 5.44. The lowest BCUT2D eigenvalue weighted by Crippen LogP contribution is -2.11. The van der Waals surface area contributed by atoms with E-state index in [0.717, 1.165) is 39.1 Å². The highest BCUT2D eigenvalue weighted by atomic mass is 15.0. The molecule has 0 unspecified atom stereocenters. The highest BCUT2D eigenvalue weighted by molar-refractivity contribution is 5.91. The number of hydrogen-bond acceptors (Lipinski definition) is 7. The highest BCUT2D eigenvalue weighted by Gasteiger charge is 2.05. The van der Waals surface area contributed by atoms with Crippen LogP contribution >= 0.6 is 0 Å². The number of fused-ring (bicyclic) bond motifs is 1. The Morgan fingerprint density at radius 3 is 2.53 bits per heavy atom. The van der Waals surface area contributed by atoms with Crippen molar-refractivity contribution in [2.45, 2.75) is 13.1 Å². The van der Waals surface area contributed by atoms with Gasteiger partial charge in [-0.05, 0) is 41.5 Å². The molecule has 0 saturated heterocycles. The van der Waals surface area contributed by atoms with E-state index in [-0.39, 0.29) is 5.95 Å². The molecule has 0 bridgehead atoms. The normalized spacial score (nSPS) is 10.7. The molecule has 0 aliphatic heterocycles. The number of aromatic nitrogens is 3. The van der Waals surface area contributed by atoms with Gasteiger partial charge in [0, 0.05) is 29.5 Å².